The number of ether oxygens (including phenoxy) is 1. The van der Waals surface area contributed by atoms with Gasteiger partial charge < -0.3 is 9.15 Å². The Bertz CT molecular complexity index is 771. The van der Waals surface area contributed by atoms with Gasteiger partial charge in [0.2, 0.25) is 0 Å². The maximum atomic E-state index is 11.9. The van der Waals surface area contributed by atoms with Gasteiger partial charge in [0, 0.05) is 6.54 Å². The van der Waals surface area contributed by atoms with E-state index in [4.69, 9.17) is 9.15 Å². The summed E-state index contributed by atoms with van der Waals surface area (Å²) in [6.07, 6.45) is 6.49. The number of allylic oxidation sites excluding steroid dienone is 2. The van der Waals surface area contributed by atoms with E-state index >= 15 is 0 Å². The molecule has 0 N–H and O–H groups in total. The molecule has 2 aromatic rings. The SMILES string of the molecule is C[C@@H]1CC=CC[C@@H]1COC(=O)CCn1c(=O)oc2ccccc21. The maximum absolute atomic E-state index is 11.9. The number of fused-ring (bicyclic) bond motifs is 1. The van der Waals surface area contributed by atoms with Crippen LogP contribution >= 0.6 is 0 Å². The Morgan fingerprint density at radius 3 is 2.91 bits per heavy atom. The first-order valence-corrected chi connectivity index (χ1v) is 8.04. The van der Waals surface area contributed by atoms with E-state index in [1.54, 1.807) is 6.07 Å². The first-order chi connectivity index (χ1) is 11.1. The Morgan fingerprint density at radius 2 is 2.09 bits per heavy atom. The lowest BCUT2D eigenvalue weighted by molar-refractivity contribution is -0.145. The summed E-state index contributed by atoms with van der Waals surface area (Å²) >= 11 is 0. The van der Waals surface area contributed by atoms with Gasteiger partial charge in [-0.15, -0.1) is 0 Å². The number of aromatic nitrogens is 1. The van der Waals surface area contributed by atoms with E-state index in [0.29, 0.717) is 29.5 Å². The first-order valence-electron chi connectivity index (χ1n) is 8.04. The highest BCUT2D eigenvalue weighted by molar-refractivity contribution is 5.73. The predicted octanol–water partition coefficient (Wildman–Crippen LogP) is 3.13. The van der Waals surface area contributed by atoms with Crippen LogP contribution < -0.4 is 5.76 Å². The van der Waals surface area contributed by atoms with Gasteiger partial charge in [0.15, 0.2) is 5.58 Å². The predicted molar refractivity (Wildman–Crippen MR) is 87.1 cm³/mol. The number of aryl methyl sites for hydroxylation is 1. The van der Waals surface area contributed by atoms with Crippen LogP contribution in [0.2, 0.25) is 0 Å². The van der Waals surface area contributed by atoms with Crippen LogP contribution in [-0.4, -0.2) is 17.1 Å². The van der Waals surface area contributed by atoms with Crippen molar-refractivity contribution in [2.75, 3.05) is 6.61 Å². The Hall–Kier alpha value is -2.30. The van der Waals surface area contributed by atoms with E-state index in [1.165, 1.54) is 4.57 Å². The van der Waals surface area contributed by atoms with Gasteiger partial charge in [0.05, 0.1) is 18.5 Å². The molecule has 0 aliphatic heterocycles. The Labute approximate surface area is 134 Å². The molecule has 23 heavy (non-hydrogen) atoms. The molecule has 0 saturated heterocycles. The van der Waals surface area contributed by atoms with Crippen LogP contribution in [0.4, 0.5) is 0 Å². The molecule has 1 aliphatic rings. The first kappa shape index (κ1) is 15.6. The number of carbonyl (C=O) groups excluding carboxylic acids is 1. The normalized spacial score (nSPS) is 20.7. The molecule has 2 atom stereocenters. The second-order valence-electron chi connectivity index (χ2n) is 6.10. The van der Waals surface area contributed by atoms with Gasteiger partial charge in [-0.05, 0) is 36.8 Å². The van der Waals surface area contributed by atoms with Crippen LogP contribution in [0.3, 0.4) is 0 Å². The third kappa shape index (κ3) is 3.55. The minimum absolute atomic E-state index is 0.167. The molecule has 0 fully saturated rings. The molecule has 1 aliphatic carbocycles. The van der Waals surface area contributed by atoms with Crippen LogP contribution in [0.25, 0.3) is 11.1 Å². The largest absolute Gasteiger partial charge is 0.465 e. The molecule has 0 radical (unpaired) electrons. The van der Waals surface area contributed by atoms with E-state index in [-0.39, 0.29) is 18.9 Å². The lowest BCUT2D eigenvalue weighted by Gasteiger charge is -2.24. The van der Waals surface area contributed by atoms with Crippen molar-refractivity contribution in [3.8, 4) is 0 Å². The molecule has 0 bridgehead atoms. The highest BCUT2D eigenvalue weighted by atomic mass is 16.5. The van der Waals surface area contributed by atoms with Gasteiger partial charge in [-0.25, -0.2) is 4.79 Å². The zero-order valence-electron chi connectivity index (χ0n) is 13.2. The number of oxazole rings is 1. The van der Waals surface area contributed by atoms with Crippen LogP contribution in [0.1, 0.15) is 26.2 Å². The number of hydrogen-bond acceptors (Lipinski definition) is 4. The summed E-state index contributed by atoms with van der Waals surface area (Å²) < 4.78 is 12.0. The molecule has 0 spiro atoms. The molecule has 5 heteroatoms. The van der Waals surface area contributed by atoms with Gasteiger partial charge in [0.25, 0.3) is 0 Å². The number of esters is 1. The van der Waals surface area contributed by atoms with E-state index in [2.05, 4.69) is 19.1 Å². The van der Waals surface area contributed by atoms with Crippen molar-refractivity contribution in [3.63, 3.8) is 0 Å². The fraction of sp³-hybridized carbons (Fsp3) is 0.444. The Kier molecular flexibility index (Phi) is 4.65. The van der Waals surface area contributed by atoms with Crippen molar-refractivity contribution in [3.05, 3.63) is 47.0 Å². The molecule has 0 unspecified atom stereocenters. The number of nitrogens with zero attached hydrogens (tertiary/aromatic N) is 1. The second-order valence-corrected chi connectivity index (χ2v) is 6.10. The zero-order valence-corrected chi connectivity index (χ0v) is 13.2. The van der Waals surface area contributed by atoms with E-state index < -0.39 is 5.76 Å². The average Bonchev–Trinajstić information content (AvgIpc) is 2.87. The quantitative estimate of drug-likeness (QED) is 0.628. The maximum Gasteiger partial charge on any atom is 0.419 e. The van der Waals surface area contributed by atoms with Gasteiger partial charge in [-0.1, -0.05) is 31.2 Å². The van der Waals surface area contributed by atoms with E-state index in [9.17, 15) is 9.59 Å². The molecule has 3 rings (SSSR count). The topological polar surface area (TPSA) is 61.4 Å². The Morgan fingerprint density at radius 1 is 1.30 bits per heavy atom. The molecule has 0 saturated carbocycles. The van der Waals surface area contributed by atoms with E-state index in [1.807, 2.05) is 18.2 Å². The van der Waals surface area contributed by atoms with Crippen molar-refractivity contribution in [2.45, 2.75) is 32.7 Å². The highest BCUT2D eigenvalue weighted by Gasteiger charge is 2.20. The minimum atomic E-state index is -0.440. The summed E-state index contributed by atoms with van der Waals surface area (Å²) in [6.45, 7) is 2.90. The summed E-state index contributed by atoms with van der Waals surface area (Å²) in [7, 11) is 0. The minimum Gasteiger partial charge on any atom is -0.465 e. The molecule has 1 aromatic carbocycles. The van der Waals surface area contributed by atoms with Crippen molar-refractivity contribution in [2.24, 2.45) is 11.8 Å². The fourth-order valence-electron chi connectivity index (χ4n) is 2.94. The average molecular weight is 315 g/mol. The smallest absolute Gasteiger partial charge is 0.419 e. The summed E-state index contributed by atoms with van der Waals surface area (Å²) in [5.41, 5.74) is 1.24. The number of benzene rings is 1. The van der Waals surface area contributed by atoms with Crippen LogP contribution in [0, 0.1) is 11.8 Å². The third-order valence-corrected chi connectivity index (χ3v) is 4.49. The molecule has 1 aromatic heterocycles. The zero-order chi connectivity index (χ0) is 16.2. The number of hydrogen-bond donors (Lipinski definition) is 0. The summed E-state index contributed by atoms with van der Waals surface area (Å²) in [4.78, 5) is 23.8. The van der Waals surface area contributed by atoms with Gasteiger partial charge in [0.1, 0.15) is 0 Å². The molecular formula is C18H21NO4. The fourth-order valence-corrected chi connectivity index (χ4v) is 2.94. The van der Waals surface area contributed by atoms with Crippen molar-refractivity contribution < 1.29 is 13.9 Å². The van der Waals surface area contributed by atoms with Crippen molar-refractivity contribution in [1.82, 2.24) is 4.57 Å². The van der Waals surface area contributed by atoms with E-state index in [0.717, 1.165) is 12.8 Å². The molecule has 1 heterocycles. The second kappa shape index (κ2) is 6.86. The molecule has 0 amide bonds. The lowest BCUT2D eigenvalue weighted by atomic mass is 9.85. The number of para-hydroxylation sites is 2. The molecular weight excluding hydrogens is 294 g/mol. The van der Waals surface area contributed by atoms with Crippen LogP contribution in [0.5, 0.6) is 0 Å². The van der Waals surface area contributed by atoms with Gasteiger partial charge in [-0.3, -0.25) is 9.36 Å². The van der Waals surface area contributed by atoms with Gasteiger partial charge >= 0.3 is 11.7 Å². The summed E-state index contributed by atoms with van der Waals surface area (Å²) in [5, 5.41) is 0. The highest BCUT2D eigenvalue weighted by Crippen LogP contribution is 2.25. The van der Waals surface area contributed by atoms with Crippen LogP contribution in [-0.2, 0) is 16.1 Å². The molecule has 122 valence electrons. The van der Waals surface area contributed by atoms with Crippen molar-refractivity contribution >= 4 is 17.1 Å². The third-order valence-electron chi connectivity index (χ3n) is 4.49. The standard InChI is InChI=1S/C18H21NO4/c1-13-6-2-3-7-14(13)12-22-17(20)10-11-19-15-8-4-5-9-16(15)23-18(19)21/h2-5,8-9,13-14H,6-7,10-12H2,1H3/t13-,14-/m1/s1. The summed E-state index contributed by atoms with van der Waals surface area (Å²) in [6, 6.07) is 7.19. The van der Waals surface area contributed by atoms with Crippen molar-refractivity contribution in [1.29, 1.82) is 0 Å². The number of carbonyl (C=O) groups is 1. The summed E-state index contributed by atoms with van der Waals surface area (Å²) in [5.74, 6) is 0.212. The Balaban J connectivity index is 1.55. The van der Waals surface area contributed by atoms with Gasteiger partial charge in [-0.2, -0.15) is 0 Å². The van der Waals surface area contributed by atoms with Crippen LogP contribution in [0.15, 0.2) is 45.6 Å². The number of rotatable bonds is 5. The monoisotopic (exact) mass is 315 g/mol. The lowest BCUT2D eigenvalue weighted by Crippen LogP contribution is -2.23. The molecule has 5 nitrogen and oxygen atoms in total.